The SMILES string of the molecule is O=C(O)C(F)(F)F.O=C(O)c1cc2ccccc2n1Cc1ccc(C(F)(F)F)cc1. The van der Waals surface area contributed by atoms with Gasteiger partial charge in [-0.2, -0.15) is 26.3 Å². The second kappa shape index (κ2) is 8.47. The lowest BCUT2D eigenvalue weighted by molar-refractivity contribution is -0.192. The van der Waals surface area contributed by atoms with E-state index in [4.69, 9.17) is 9.90 Å². The van der Waals surface area contributed by atoms with Crippen LogP contribution in [0.3, 0.4) is 0 Å². The Hall–Kier alpha value is -3.50. The molecule has 0 aliphatic carbocycles. The molecule has 30 heavy (non-hydrogen) atoms. The van der Waals surface area contributed by atoms with Crippen LogP contribution in [-0.4, -0.2) is 32.9 Å². The van der Waals surface area contributed by atoms with Crippen molar-refractivity contribution in [2.24, 2.45) is 0 Å². The molecule has 0 spiro atoms. The Labute approximate surface area is 164 Å². The first-order valence-corrected chi connectivity index (χ1v) is 8.08. The fraction of sp³-hybridized carbons (Fsp3) is 0.158. The fourth-order valence-corrected chi connectivity index (χ4v) is 2.54. The summed E-state index contributed by atoms with van der Waals surface area (Å²) in [5.74, 6) is -3.83. The normalized spacial score (nSPS) is 11.7. The van der Waals surface area contributed by atoms with Crippen LogP contribution in [0.15, 0.2) is 54.6 Å². The largest absolute Gasteiger partial charge is 0.490 e. The molecule has 0 aliphatic rings. The zero-order valence-corrected chi connectivity index (χ0v) is 14.8. The highest BCUT2D eigenvalue weighted by Crippen LogP contribution is 2.29. The number of benzene rings is 2. The molecule has 2 aromatic carbocycles. The lowest BCUT2D eigenvalue weighted by Gasteiger charge is -2.10. The Balaban J connectivity index is 0.000000396. The predicted molar refractivity (Wildman–Crippen MR) is 93.1 cm³/mol. The predicted octanol–water partition coefficient (Wildman–Crippen LogP) is 5.04. The third-order valence-electron chi connectivity index (χ3n) is 3.89. The highest BCUT2D eigenvalue weighted by atomic mass is 19.4. The molecule has 2 N–H and O–H groups in total. The van der Waals surface area contributed by atoms with Crippen LogP contribution in [0.5, 0.6) is 0 Å². The molecule has 0 amide bonds. The van der Waals surface area contributed by atoms with Crippen molar-refractivity contribution in [1.29, 1.82) is 0 Å². The van der Waals surface area contributed by atoms with Gasteiger partial charge in [-0.1, -0.05) is 30.3 Å². The Kier molecular flexibility index (Phi) is 6.44. The second-order valence-electron chi connectivity index (χ2n) is 5.98. The van der Waals surface area contributed by atoms with Crippen molar-refractivity contribution in [1.82, 2.24) is 4.57 Å². The standard InChI is InChI=1S/C17H12F3NO2.C2HF3O2/c18-17(19,20)13-7-5-11(6-8-13)10-21-14-4-2-1-3-12(14)9-15(21)16(22)23;3-2(4,5)1(6)7/h1-9H,10H2,(H,22,23);(H,6,7). The van der Waals surface area contributed by atoms with Crippen LogP contribution in [0.25, 0.3) is 10.9 Å². The maximum absolute atomic E-state index is 12.6. The minimum atomic E-state index is -5.08. The third kappa shape index (κ3) is 5.52. The molecule has 160 valence electrons. The number of hydrogen-bond acceptors (Lipinski definition) is 2. The zero-order chi connectivity index (χ0) is 22.7. The first kappa shape index (κ1) is 22.8. The molecular formula is C19H13F6NO4. The summed E-state index contributed by atoms with van der Waals surface area (Å²) in [6.45, 7) is 0.188. The number of nitrogens with zero attached hydrogens (tertiary/aromatic N) is 1. The van der Waals surface area contributed by atoms with Crippen LogP contribution in [0.4, 0.5) is 26.3 Å². The summed E-state index contributed by atoms with van der Waals surface area (Å²) in [5.41, 5.74) is 0.704. The summed E-state index contributed by atoms with van der Waals surface area (Å²) in [7, 11) is 0. The quantitative estimate of drug-likeness (QED) is 0.568. The Morgan fingerprint density at radius 3 is 1.87 bits per heavy atom. The summed E-state index contributed by atoms with van der Waals surface area (Å²) in [5, 5.41) is 17.2. The Morgan fingerprint density at radius 1 is 0.867 bits per heavy atom. The van der Waals surface area contributed by atoms with Gasteiger partial charge in [-0.05, 0) is 29.8 Å². The van der Waals surface area contributed by atoms with Crippen molar-refractivity contribution in [3.05, 3.63) is 71.4 Å². The average molecular weight is 433 g/mol. The summed E-state index contributed by atoms with van der Waals surface area (Å²) in [6.07, 6.45) is -9.47. The number of para-hydroxylation sites is 1. The first-order chi connectivity index (χ1) is 13.8. The number of carboxylic acids is 2. The molecule has 5 nitrogen and oxygen atoms in total. The molecule has 0 unspecified atom stereocenters. The number of aromatic carboxylic acids is 1. The molecule has 11 heteroatoms. The van der Waals surface area contributed by atoms with Gasteiger partial charge in [0, 0.05) is 17.4 Å². The van der Waals surface area contributed by atoms with Gasteiger partial charge in [0.25, 0.3) is 0 Å². The van der Waals surface area contributed by atoms with Gasteiger partial charge in [-0.3, -0.25) is 0 Å². The number of halogens is 6. The number of fused-ring (bicyclic) bond motifs is 1. The first-order valence-electron chi connectivity index (χ1n) is 8.08. The maximum Gasteiger partial charge on any atom is 0.490 e. The summed E-state index contributed by atoms with van der Waals surface area (Å²) in [4.78, 5) is 20.3. The second-order valence-corrected chi connectivity index (χ2v) is 5.98. The van der Waals surface area contributed by atoms with E-state index in [-0.39, 0.29) is 12.2 Å². The summed E-state index contributed by atoms with van der Waals surface area (Å²) < 4.78 is 71.1. The number of carbonyl (C=O) groups is 2. The number of aromatic nitrogens is 1. The zero-order valence-electron chi connectivity index (χ0n) is 14.8. The van der Waals surface area contributed by atoms with Crippen molar-refractivity contribution < 1.29 is 46.1 Å². The smallest absolute Gasteiger partial charge is 0.477 e. The van der Waals surface area contributed by atoms with E-state index in [1.54, 1.807) is 34.9 Å². The van der Waals surface area contributed by atoms with E-state index in [0.717, 1.165) is 23.0 Å². The molecule has 1 heterocycles. The molecule has 0 radical (unpaired) electrons. The molecule has 0 saturated heterocycles. The van der Waals surface area contributed by atoms with Gasteiger partial charge in [0.2, 0.25) is 0 Å². The highest BCUT2D eigenvalue weighted by molar-refractivity contribution is 5.94. The van der Waals surface area contributed by atoms with E-state index in [1.165, 1.54) is 12.1 Å². The van der Waals surface area contributed by atoms with E-state index in [0.29, 0.717) is 5.56 Å². The van der Waals surface area contributed by atoms with E-state index in [2.05, 4.69) is 0 Å². The van der Waals surface area contributed by atoms with Gasteiger partial charge in [-0.15, -0.1) is 0 Å². The molecule has 3 aromatic rings. The summed E-state index contributed by atoms with van der Waals surface area (Å²) in [6, 6.07) is 13.5. The number of rotatable bonds is 3. The van der Waals surface area contributed by atoms with Gasteiger partial charge >= 0.3 is 24.3 Å². The van der Waals surface area contributed by atoms with E-state index >= 15 is 0 Å². The molecular weight excluding hydrogens is 420 g/mol. The molecule has 0 fully saturated rings. The van der Waals surface area contributed by atoms with Crippen LogP contribution in [0, 0.1) is 0 Å². The van der Waals surface area contributed by atoms with Crippen molar-refractivity contribution in [3.63, 3.8) is 0 Å². The van der Waals surface area contributed by atoms with E-state index < -0.39 is 29.9 Å². The molecule has 0 bridgehead atoms. The third-order valence-corrected chi connectivity index (χ3v) is 3.89. The maximum atomic E-state index is 12.6. The monoisotopic (exact) mass is 433 g/mol. The Bertz CT molecular complexity index is 1050. The highest BCUT2D eigenvalue weighted by Gasteiger charge is 2.38. The van der Waals surface area contributed by atoms with Gasteiger partial charge in [-0.25, -0.2) is 9.59 Å². The van der Waals surface area contributed by atoms with Crippen molar-refractivity contribution in [2.75, 3.05) is 0 Å². The van der Waals surface area contributed by atoms with Crippen LogP contribution in [-0.2, 0) is 17.5 Å². The van der Waals surface area contributed by atoms with Crippen LogP contribution in [0.2, 0.25) is 0 Å². The van der Waals surface area contributed by atoms with Crippen molar-refractivity contribution in [2.45, 2.75) is 18.9 Å². The lowest BCUT2D eigenvalue weighted by Crippen LogP contribution is -2.21. The minimum Gasteiger partial charge on any atom is -0.477 e. The van der Waals surface area contributed by atoms with E-state index in [1.807, 2.05) is 0 Å². The van der Waals surface area contributed by atoms with Gasteiger partial charge in [0.1, 0.15) is 5.69 Å². The number of alkyl halides is 6. The van der Waals surface area contributed by atoms with Gasteiger partial charge in [0.15, 0.2) is 0 Å². The fourth-order valence-electron chi connectivity index (χ4n) is 2.54. The molecule has 3 rings (SSSR count). The summed E-state index contributed by atoms with van der Waals surface area (Å²) >= 11 is 0. The Morgan fingerprint density at radius 2 is 1.40 bits per heavy atom. The molecule has 0 saturated carbocycles. The van der Waals surface area contributed by atoms with Crippen LogP contribution < -0.4 is 0 Å². The topological polar surface area (TPSA) is 79.5 Å². The molecule has 0 atom stereocenters. The number of carboxylic acid groups (broad SMARTS) is 2. The number of aliphatic carboxylic acids is 1. The number of hydrogen-bond donors (Lipinski definition) is 2. The minimum absolute atomic E-state index is 0.103. The van der Waals surface area contributed by atoms with Crippen LogP contribution in [0.1, 0.15) is 21.6 Å². The molecule has 1 aromatic heterocycles. The van der Waals surface area contributed by atoms with Crippen molar-refractivity contribution in [3.8, 4) is 0 Å². The van der Waals surface area contributed by atoms with E-state index in [9.17, 15) is 36.2 Å². The van der Waals surface area contributed by atoms with Crippen LogP contribution >= 0.6 is 0 Å². The van der Waals surface area contributed by atoms with Crippen molar-refractivity contribution >= 4 is 22.8 Å². The molecule has 0 aliphatic heterocycles. The lowest BCUT2D eigenvalue weighted by atomic mass is 10.1. The van der Waals surface area contributed by atoms with Gasteiger partial charge in [0.05, 0.1) is 5.56 Å². The van der Waals surface area contributed by atoms with Gasteiger partial charge < -0.3 is 14.8 Å². The average Bonchev–Trinajstić information content (AvgIpc) is 3.00.